The SMILES string of the molecule is CC(c1cccc([N+](=O)[O-])c1)N(C)C(=O)CCC1NC(=O)NC1=O. The summed E-state index contributed by atoms with van der Waals surface area (Å²) in [6.45, 7) is 1.76. The Labute approximate surface area is 138 Å². The van der Waals surface area contributed by atoms with E-state index in [0.29, 0.717) is 5.56 Å². The van der Waals surface area contributed by atoms with Crippen LogP contribution < -0.4 is 10.6 Å². The summed E-state index contributed by atoms with van der Waals surface area (Å²) in [4.78, 5) is 46.6. The third-order valence-electron chi connectivity index (χ3n) is 4.04. The molecule has 1 aliphatic rings. The lowest BCUT2D eigenvalue weighted by atomic mass is 10.1. The fourth-order valence-electron chi connectivity index (χ4n) is 2.44. The van der Waals surface area contributed by atoms with Crippen molar-refractivity contribution in [1.29, 1.82) is 0 Å². The Morgan fingerprint density at radius 2 is 2.12 bits per heavy atom. The summed E-state index contributed by atoms with van der Waals surface area (Å²) in [6.07, 6.45) is 0.274. The first-order chi connectivity index (χ1) is 11.3. The van der Waals surface area contributed by atoms with E-state index >= 15 is 0 Å². The number of benzene rings is 1. The van der Waals surface area contributed by atoms with Gasteiger partial charge in [-0.25, -0.2) is 4.79 Å². The van der Waals surface area contributed by atoms with Crippen molar-refractivity contribution in [2.24, 2.45) is 0 Å². The van der Waals surface area contributed by atoms with Crippen molar-refractivity contribution in [3.63, 3.8) is 0 Å². The third kappa shape index (κ3) is 3.86. The van der Waals surface area contributed by atoms with Gasteiger partial charge in [-0.15, -0.1) is 0 Å². The number of non-ortho nitro benzene ring substituents is 1. The molecule has 2 rings (SSSR count). The molecule has 2 unspecified atom stereocenters. The standard InChI is InChI=1S/C15H18N4O5/c1-9(10-4-3-5-11(8-10)19(23)24)18(2)13(20)7-6-12-14(21)17-15(22)16-12/h3-5,8-9,12H,6-7H2,1-2H3,(H2,16,17,21,22). The highest BCUT2D eigenvalue weighted by atomic mass is 16.6. The molecule has 1 heterocycles. The van der Waals surface area contributed by atoms with Gasteiger partial charge in [0.05, 0.1) is 11.0 Å². The predicted molar refractivity (Wildman–Crippen MR) is 84.0 cm³/mol. The van der Waals surface area contributed by atoms with Crippen molar-refractivity contribution in [3.05, 3.63) is 39.9 Å². The number of imide groups is 1. The van der Waals surface area contributed by atoms with E-state index in [2.05, 4.69) is 10.6 Å². The van der Waals surface area contributed by atoms with Gasteiger partial charge in [-0.05, 0) is 18.9 Å². The number of rotatable bonds is 6. The van der Waals surface area contributed by atoms with Crippen LogP contribution in [0.25, 0.3) is 0 Å². The number of amides is 4. The summed E-state index contributed by atoms with van der Waals surface area (Å²) in [5.74, 6) is -0.662. The van der Waals surface area contributed by atoms with Crippen LogP contribution in [0.1, 0.15) is 31.4 Å². The molecule has 0 bridgehead atoms. The van der Waals surface area contributed by atoms with E-state index in [9.17, 15) is 24.5 Å². The molecule has 24 heavy (non-hydrogen) atoms. The number of urea groups is 1. The van der Waals surface area contributed by atoms with Gasteiger partial charge in [0.1, 0.15) is 6.04 Å². The second-order valence-corrected chi connectivity index (χ2v) is 5.59. The number of hydrogen-bond acceptors (Lipinski definition) is 5. The van der Waals surface area contributed by atoms with E-state index < -0.39 is 22.9 Å². The molecule has 4 amide bonds. The fraction of sp³-hybridized carbons (Fsp3) is 0.400. The maximum atomic E-state index is 12.3. The van der Waals surface area contributed by atoms with E-state index in [4.69, 9.17) is 0 Å². The highest BCUT2D eigenvalue weighted by molar-refractivity contribution is 6.04. The van der Waals surface area contributed by atoms with Crippen molar-refractivity contribution in [2.45, 2.75) is 31.8 Å². The zero-order chi connectivity index (χ0) is 17.9. The summed E-state index contributed by atoms with van der Waals surface area (Å²) < 4.78 is 0. The van der Waals surface area contributed by atoms with Gasteiger partial charge < -0.3 is 10.2 Å². The third-order valence-corrected chi connectivity index (χ3v) is 4.04. The number of nitro benzene ring substituents is 1. The minimum Gasteiger partial charge on any atom is -0.339 e. The summed E-state index contributed by atoms with van der Waals surface area (Å²) in [5, 5.41) is 15.4. The first-order valence-electron chi connectivity index (χ1n) is 7.41. The maximum absolute atomic E-state index is 12.3. The first kappa shape index (κ1) is 17.4. The first-order valence-corrected chi connectivity index (χ1v) is 7.41. The van der Waals surface area contributed by atoms with Crippen molar-refractivity contribution >= 4 is 23.5 Å². The minimum atomic E-state index is -0.706. The van der Waals surface area contributed by atoms with Crippen LogP contribution in [0.4, 0.5) is 10.5 Å². The van der Waals surface area contributed by atoms with Crippen molar-refractivity contribution < 1.29 is 19.3 Å². The molecule has 0 aromatic heterocycles. The van der Waals surface area contributed by atoms with E-state index in [1.165, 1.54) is 17.0 Å². The number of carbonyl (C=O) groups is 3. The van der Waals surface area contributed by atoms with Crippen LogP contribution in [-0.4, -0.2) is 40.8 Å². The number of hydrogen-bond donors (Lipinski definition) is 2. The van der Waals surface area contributed by atoms with Gasteiger partial charge in [-0.3, -0.25) is 25.0 Å². The molecule has 1 aromatic rings. The Morgan fingerprint density at radius 1 is 1.42 bits per heavy atom. The van der Waals surface area contributed by atoms with E-state index in [-0.39, 0.29) is 30.5 Å². The van der Waals surface area contributed by atoms with Crippen LogP contribution >= 0.6 is 0 Å². The van der Waals surface area contributed by atoms with Crippen molar-refractivity contribution in [2.75, 3.05) is 7.05 Å². The molecule has 2 N–H and O–H groups in total. The Bertz CT molecular complexity index is 690. The molecule has 1 fully saturated rings. The van der Waals surface area contributed by atoms with Crippen LogP contribution in [0.5, 0.6) is 0 Å². The highest BCUT2D eigenvalue weighted by Crippen LogP contribution is 2.23. The lowest BCUT2D eigenvalue weighted by Gasteiger charge is -2.25. The quantitative estimate of drug-likeness (QED) is 0.458. The summed E-state index contributed by atoms with van der Waals surface area (Å²) in [7, 11) is 1.60. The van der Waals surface area contributed by atoms with Gasteiger partial charge in [0, 0.05) is 25.6 Å². The zero-order valence-electron chi connectivity index (χ0n) is 13.3. The molecule has 0 radical (unpaired) electrons. The van der Waals surface area contributed by atoms with Crippen LogP contribution in [0, 0.1) is 10.1 Å². The molecule has 128 valence electrons. The largest absolute Gasteiger partial charge is 0.339 e. The Hall–Kier alpha value is -2.97. The predicted octanol–water partition coefficient (Wildman–Crippen LogP) is 1.10. The molecule has 9 heteroatoms. The molecule has 1 aromatic carbocycles. The lowest BCUT2D eigenvalue weighted by molar-refractivity contribution is -0.384. The average Bonchev–Trinajstić information content (AvgIpc) is 2.88. The number of nitrogens with zero attached hydrogens (tertiary/aromatic N) is 2. The number of carbonyl (C=O) groups excluding carboxylic acids is 3. The van der Waals surface area contributed by atoms with E-state index in [1.807, 2.05) is 0 Å². The Morgan fingerprint density at radius 3 is 2.71 bits per heavy atom. The van der Waals surface area contributed by atoms with Gasteiger partial charge >= 0.3 is 6.03 Å². The smallest absolute Gasteiger partial charge is 0.322 e. The van der Waals surface area contributed by atoms with Crippen molar-refractivity contribution in [1.82, 2.24) is 15.5 Å². The molecule has 0 saturated carbocycles. The normalized spacial score (nSPS) is 17.8. The Balaban J connectivity index is 1.97. The lowest BCUT2D eigenvalue weighted by Crippen LogP contribution is -2.33. The molecule has 0 spiro atoms. The average molecular weight is 334 g/mol. The van der Waals surface area contributed by atoms with Gasteiger partial charge in [0.15, 0.2) is 0 Å². The maximum Gasteiger partial charge on any atom is 0.322 e. The molecular formula is C15H18N4O5. The van der Waals surface area contributed by atoms with Crippen molar-refractivity contribution in [3.8, 4) is 0 Å². The molecule has 1 saturated heterocycles. The van der Waals surface area contributed by atoms with E-state index in [0.717, 1.165) is 0 Å². The van der Waals surface area contributed by atoms with Gasteiger partial charge in [0.2, 0.25) is 5.91 Å². The van der Waals surface area contributed by atoms with Gasteiger partial charge in [-0.1, -0.05) is 12.1 Å². The van der Waals surface area contributed by atoms with Crippen LogP contribution in [0.3, 0.4) is 0 Å². The molecule has 0 aliphatic carbocycles. The van der Waals surface area contributed by atoms with Gasteiger partial charge in [-0.2, -0.15) is 0 Å². The number of nitrogens with one attached hydrogen (secondary N) is 2. The topological polar surface area (TPSA) is 122 Å². The summed E-state index contributed by atoms with van der Waals surface area (Å²) in [5.41, 5.74) is 0.609. The van der Waals surface area contributed by atoms with Crippen LogP contribution in [-0.2, 0) is 9.59 Å². The summed E-state index contributed by atoms with van der Waals surface area (Å²) >= 11 is 0. The highest BCUT2D eigenvalue weighted by Gasteiger charge is 2.30. The van der Waals surface area contributed by atoms with Crippen LogP contribution in [0.2, 0.25) is 0 Å². The van der Waals surface area contributed by atoms with Gasteiger partial charge in [0.25, 0.3) is 11.6 Å². The molecule has 9 nitrogen and oxygen atoms in total. The Kier molecular flexibility index (Phi) is 5.12. The second-order valence-electron chi connectivity index (χ2n) is 5.59. The molecular weight excluding hydrogens is 316 g/mol. The van der Waals surface area contributed by atoms with E-state index in [1.54, 1.807) is 26.1 Å². The molecule has 2 atom stereocenters. The minimum absolute atomic E-state index is 0.0365. The second kappa shape index (κ2) is 7.07. The number of nitro groups is 1. The summed E-state index contributed by atoms with van der Waals surface area (Å²) in [6, 6.07) is 4.48. The van der Waals surface area contributed by atoms with Crippen LogP contribution in [0.15, 0.2) is 24.3 Å². The fourth-order valence-corrected chi connectivity index (χ4v) is 2.44. The zero-order valence-corrected chi connectivity index (χ0v) is 13.3. The monoisotopic (exact) mass is 334 g/mol. The molecule has 1 aliphatic heterocycles.